The molecule has 1 aliphatic carbocycles. The molecule has 1 atom stereocenters. The molecule has 1 unspecified atom stereocenters. The average Bonchev–Trinajstić information content (AvgIpc) is 3.15. The molecule has 2 fully saturated rings. The normalized spacial score (nSPS) is 25.4. The van der Waals surface area contributed by atoms with E-state index < -0.39 is 5.60 Å². The lowest BCUT2D eigenvalue weighted by atomic mass is 10.0. The maximum atomic E-state index is 12.1. The van der Waals surface area contributed by atoms with Crippen LogP contribution >= 0.6 is 0 Å². The van der Waals surface area contributed by atoms with Crippen molar-refractivity contribution < 1.29 is 14.6 Å². The monoisotopic (exact) mass is 284 g/mol. The maximum absolute atomic E-state index is 12.1. The van der Waals surface area contributed by atoms with Crippen LogP contribution in [0.25, 0.3) is 0 Å². The molecule has 2 N–H and O–H groups in total. The zero-order valence-corrected chi connectivity index (χ0v) is 12.9. The number of carbonyl (C=O) groups excluding carboxylic acids is 1. The van der Waals surface area contributed by atoms with Gasteiger partial charge in [-0.25, -0.2) is 4.79 Å². The Morgan fingerprint density at radius 3 is 2.70 bits per heavy atom. The van der Waals surface area contributed by atoms with Crippen LogP contribution in [0.5, 0.6) is 0 Å². The minimum Gasteiger partial charge on any atom is -0.444 e. The van der Waals surface area contributed by atoms with Crippen LogP contribution in [-0.2, 0) is 4.74 Å². The van der Waals surface area contributed by atoms with Crippen LogP contribution in [0, 0.1) is 5.41 Å². The summed E-state index contributed by atoms with van der Waals surface area (Å²) in [6.07, 6.45) is 4.09. The number of nitrogens with zero attached hydrogens (tertiary/aromatic N) is 1. The van der Waals surface area contributed by atoms with Crippen LogP contribution in [0.4, 0.5) is 4.79 Å². The van der Waals surface area contributed by atoms with Crippen molar-refractivity contribution in [3.05, 3.63) is 0 Å². The van der Waals surface area contributed by atoms with Crippen LogP contribution in [0.3, 0.4) is 0 Å². The molecule has 5 heteroatoms. The minimum atomic E-state index is -0.438. The van der Waals surface area contributed by atoms with Crippen LogP contribution in [0.1, 0.15) is 46.5 Å². The Labute approximate surface area is 121 Å². The fourth-order valence-electron chi connectivity index (χ4n) is 2.56. The number of rotatable bonds is 4. The van der Waals surface area contributed by atoms with Gasteiger partial charge in [0.25, 0.3) is 0 Å². The van der Waals surface area contributed by atoms with Crippen molar-refractivity contribution in [1.82, 2.24) is 10.2 Å². The Bertz CT molecular complexity index is 348. The van der Waals surface area contributed by atoms with Crippen molar-refractivity contribution in [3.63, 3.8) is 0 Å². The van der Waals surface area contributed by atoms with Crippen LogP contribution in [-0.4, -0.2) is 54.0 Å². The Morgan fingerprint density at radius 2 is 2.15 bits per heavy atom. The molecule has 0 radical (unpaired) electrons. The second-order valence-electron chi connectivity index (χ2n) is 7.30. The molecule has 0 aromatic heterocycles. The van der Waals surface area contributed by atoms with Gasteiger partial charge in [-0.05, 0) is 46.5 Å². The highest BCUT2D eigenvalue weighted by molar-refractivity contribution is 5.68. The van der Waals surface area contributed by atoms with E-state index in [9.17, 15) is 9.90 Å². The van der Waals surface area contributed by atoms with Crippen molar-refractivity contribution in [1.29, 1.82) is 0 Å². The molecule has 5 nitrogen and oxygen atoms in total. The van der Waals surface area contributed by atoms with E-state index in [2.05, 4.69) is 5.32 Å². The van der Waals surface area contributed by atoms with E-state index in [0.29, 0.717) is 12.6 Å². The van der Waals surface area contributed by atoms with Gasteiger partial charge in [0.15, 0.2) is 0 Å². The smallest absolute Gasteiger partial charge is 0.410 e. The molecule has 0 spiro atoms. The molecule has 2 rings (SSSR count). The van der Waals surface area contributed by atoms with Gasteiger partial charge < -0.3 is 20.1 Å². The van der Waals surface area contributed by atoms with E-state index in [0.717, 1.165) is 38.8 Å². The number of aliphatic hydroxyl groups is 1. The van der Waals surface area contributed by atoms with Gasteiger partial charge in [-0.2, -0.15) is 0 Å². The third-order valence-electron chi connectivity index (χ3n) is 4.13. The quantitative estimate of drug-likeness (QED) is 0.825. The predicted molar refractivity (Wildman–Crippen MR) is 77.6 cm³/mol. The third-order valence-corrected chi connectivity index (χ3v) is 4.13. The number of carbonyl (C=O) groups is 1. The summed E-state index contributed by atoms with van der Waals surface area (Å²) in [6, 6.07) is 0.320. The van der Waals surface area contributed by atoms with Crippen molar-refractivity contribution >= 4 is 6.09 Å². The molecule has 0 aromatic rings. The first-order valence-electron chi connectivity index (χ1n) is 7.66. The lowest BCUT2D eigenvalue weighted by Crippen LogP contribution is -2.50. The van der Waals surface area contributed by atoms with Crippen molar-refractivity contribution in [2.45, 2.75) is 58.1 Å². The van der Waals surface area contributed by atoms with Crippen LogP contribution < -0.4 is 5.32 Å². The molecule has 2 aliphatic rings. The summed E-state index contributed by atoms with van der Waals surface area (Å²) in [5.41, 5.74) is -0.319. The summed E-state index contributed by atoms with van der Waals surface area (Å²) in [4.78, 5) is 13.9. The Balaban J connectivity index is 1.78. The van der Waals surface area contributed by atoms with Crippen molar-refractivity contribution in [2.24, 2.45) is 5.41 Å². The number of amides is 1. The molecule has 116 valence electrons. The van der Waals surface area contributed by atoms with Gasteiger partial charge in [0.1, 0.15) is 5.60 Å². The van der Waals surface area contributed by atoms with Crippen LogP contribution in [0.15, 0.2) is 0 Å². The third kappa shape index (κ3) is 4.35. The van der Waals surface area contributed by atoms with Gasteiger partial charge in [0.05, 0.1) is 0 Å². The standard InChI is InChI=1S/C15H28N2O3/c1-14(2,3)20-13(19)17-8-4-5-12(9-17)16-10-15(11-18)6-7-15/h12,16,18H,4-11H2,1-3H3. The number of hydrogen-bond donors (Lipinski definition) is 2. The first kappa shape index (κ1) is 15.6. The lowest BCUT2D eigenvalue weighted by molar-refractivity contribution is 0.0184. The number of hydrogen-bond acceptors (Lipinski definition) is 4. The van der Waals surface area contributed by atoms with Gasteiger partial charge in [-0.15, -0.1) is 0 Å². The molecule has 1 saturated heterocycles. The molecular weight excluding hydrogens is 256 g/mol. The number of likely N-dealkylation sites (tertiary alicyclic amines) is 1. The van der Waals surface area contributed by atoms with Gasteiger partial charge in [0.2, 0.25) is 0 Å². The molecule has 20 heavy (non-hydrogen) atoms. The predicted octanol–water partition coefficient (Wildman–Crippen LogP) is 1.75. The van der Waals surface area contributed by atoms with E-state index in [-0.39, 0.29) is 18.1 Å². The molecule has 0 aromatic carbocycles. The number of ether oxygens (including phenoxy) is 1. The summed E-state index contributed by atoms with van der Waals surface area (Å²) >= 11 is 0. The van der Waals surface area contributed by atoms with E-state index in [1.807, 2.05) is 20.8 Å². The van der Waals surface area contributed by atoms with Gasteiger partial charge in [-0.3, -0.25) is 0 Å². The Morgan fingerprint density at radius 1 is 1.45 bits per heavy atom. The number of aliphatic hydroxyl groups excluding tert-OH is 1. The Kier molecular flexibility index (Phi) is 4.59. The van der Waals surface area contributed by atoms with E-state index in [1.165, 1.54) is 0 Å². The highest BCUT2D eigenvalue weighted by atomic mass is 16.6. The summed E-state index contributed by atoms with van der Waals surface area (Å²) < 4.78 is 5.42. The second-order valence-corrected chi connectivity index (χ2v) is 7.30. The number of piperidine rings is 1. The first-order chi connectivity index (χ1) is 9.34. The zero-order chi connectivity index (χ0) is 14.8. The molecule has 1 saturated carbocycles. The molecular formula is C15H28N2O3. The number of nitrogens with one attached hydrogen (secondary N) is 1. The molecule has 1 amide bonds. The maximum Gasteiger partial charge on any atom is 0.410 e. The Hall–Kier alpha value is -0.810. The summed E-state index contributed by atoms with van der Waals surface area (Å²) in [7, 11) is 0. The van der Waals surface area contributed by atoms with Gasteiger partial charge >= 0.3 is 6.09 Å². The fraction of sp³-hybridized carbons (Fsp3) is 0.933. The largest absolute Gasteiger partial charge is 0.444 e. The first-order valence-corrected chi connectivity index (χ1v) is 7.66. The zero-order valence-electron chi connectivity index (χ0n) is 12.9. The summed E-state index contributed by atoms with van der Waals surface area (Å²) in [5.74, 6) is 0. The summed E-state index contributed by atoms with van der Waals surface area (Å²) in [6.45, 7) is 8.28. The molecule has 1 heterocycles. The molecule has 1 aliphatic heterocycles. The minimum absolute atomic E-state index is 0.119. The highest BCUT2D eigenvalue weighted by Crippen LogP contribution is 2.44. The van der Waals surface area contributed by atoms with Gasteiger partial charge in [0, 0.05) is 37.7 Å². The molecule has 0 bridgehead atoms. The van der Waals surface area contributed by atoms with Crippen LogP contribution in [0.2, 0.25) is 0 Å². The van der Waals surface area contributed by atoms with Gasteiger partial charge in [-0.1, -0.05) is 0 Å². The summed E-state index contributed by atoms with van der Waals surface area (Å²) in [5, 5.41) is 12.8. The van der Waals surface area contributed by atoms with Crippen molar-refractivity contribution in [2.75, 3.05) is 26.2 Å². The van der Waals surface area contributed by atoms with E-state index in [4.69, 9.17) is 4.74 Å². The highest BCUT2D eigenvalue weighted by Gasteiger charge is 2.42. The SMILES string of the molecule is CC(C)(C)OC(=O)N1CCCC(NCC2(CO)CC2)C1. The van der Waals surface area contributed by atoms with Crippen molar-refractivity contribution in [3.8, 4) is 0 Å². The topological polar surface area (TPSA) is 61.8 Å². The second kappa shape index (κ2) is 5.90. The lowest BCUT2D eigenvalue weighted by Gasteiger charge is -2.35. The van der Waals surface area contributed by atoms with E-state index in [1.54, 1.807) is 4.90 Å². The average molecular weight is 284 g/mol. The van der Waals surface area contributed by atoms with E-state index >= 15 is 0 Å². The fourth-order valence-corrected chi connectivity index (χ4v) is 2.56.